The third-order valence-electron chi connectivity index (χ3n) is 1.26. The molecule has 1 rings (SSSR count). The SMILES string of the molecule is [Cl][Mg][CH2]CC1OCCO1. The van der Waals surface area contributed by atoms with Crippen molar-refractivity contribution in [3.8, 4) is 0 Å². The van der Waals surface area contributed by atoms with E-state index in [1.807, 2.05) is 0 Å². The van der Waals surface area contributed by atoms with Gasteiger partial charge in [0.05, 0.1) is 13.2 Å². The fourth-order valence-corrected chi connectivity index (χ4v) is 1.77. The quantitative estimate of drug-likeness (QED) is 0.575. The van der Waals surface area contributed by atoms with E-state index in [2.05, 4.69) is 0 Å². The Morgan fingerprint density at radius 1 is 1.44 bits per heavy atom. The second-order valence-electron chi connectivity index (χ2n) is 2.00. The molecular weight excluding hydrogens is 152 g/mol. The first kappa shape index (κ1) is 8.08. The van der Waals surface area contributed by atoms with Crippen molar-refractivity contribution < 1.29 is 9.47 Å². The second-order valence-corrected chi connectivity index (χ2v) is 4.22. The van der Waals surface area contributed by atoms with E-state index < -0.39 is 0 Å². The second kappa shape index (κ2) is 4.74. The molecule has 1 aliphatic heterocycles. The van der Waals surface area contributed by atoms with Crippen molar-refractivity contribution in [2.45, 2.75) is 17.3 Å². The summed E-state index contributed by atoms with van der Waals surface area (Å²) in [6.07, 6.45) is 1.06. The van der Waals surface area contributed by atoms with E-state index in [9.17, 15) is 0 Å². The summed E-state index contributed by atoms with van der Waals surface area (Å²) in [6.45, 7) is 1.52. The molecule has 0 aromatic carbocycles. The van der Waals surface area contributed by atoms with E-state index in [-0.39, 0.29) is 25.6 Å². The van der Waals surface area contributed by atoms with Crippen LogP contribution in [0.5, 0.6) is 0 Å². The fourth-order valence-electron chi connectivity index (χ4n) is 0.818. The summed E-state index contributed by atoms with van der Waals surface area (Å²) in [4.78, 5) is 0. The Bertz CT molecular complexity index is 75.4. The van der Waals surface area contributed by atoms with E-state index >= 15 is 0 Å². The lowest BCUT2D eigenvalue weighted by Crippen LogP contribution is -2.06. The molecule has 0 atom stereocenters. The summed E-state index contributed by atoms with van der Waals surface area (Å²) < 4.78 is 11.5. The third-order valence-corrected chi connectivity index (χ3v) is 2.74. The zero-order chi connectivity index (χ0) is 6.53. The Morgan fingerprint density at radius 3 is 2.67 bits per heavy atom. The topological polar surface area (TPSA) is 18.5 Å². The Hall–Kier alpha value is 0.976. The van der Waals surface area contributed by atoms with Crippen LogP contribution in [0.2, 0.25) is 4.55 Å². The Balaban J connectivity index is 1.98. The van der Waals surface area contributed by atoms with E-state index in [0.717, 1.165) is 24.2 Å². The molecule has 4 heteroatoms. The van der Waals surface area contributed by atoms with Gasteiger partial charge in [-0.25, -0.2) is 0 Å². The van der Waals surface area contributed by atoms with Crippen LogP contribution in [0, 0.1) is 0 Å². The van der Waals surface area contributed by atoms with Crippen LogP contribution >= 0.6 is 9.07 Å². The maximum Gasteiger partial charge on any atom is 0.501 e. The minimum absolute atomic E-state index is 0.0660. The summed E-state index contributed by atoms with van der Waals surface area (Å²) in [6, 6.07) is 0. The molecule has 2 nitrogen and oxygen atoms in total. The molecular formula is C5H9ClMgO2. The summed E-state index contributed by atoms with van der Waals surface area (Å²) in [7, 11) is 5.61. The van der Waals surface area contributed by atoms with Crippen LogP contribution < -0.4 is 0 Å². The highest BCUT2D eigenvalue weighted by atomic mass is 35.5. The molecule has 0 aromatic rings. The number of rotatable bonds is 3. The zero-order valence-electron chi connectivity index (χ0n) is 5.31. The molecule has 1 aliphatic rings. The Kier molecular flexibility index (Phi) is 4.25. The largest absolute Gasteiger partial charge is 0.501 e. The first-order chi connectivity index (χ1) is 4.43. The van der Waals surface area contributed by atoms with Gasteiger partial charge < -0.3 is 18.5 Å². The molecule has 1 heterocycles. The van der Waals surface area contributed by atoms with Crippen molar-refractivity contribution in [3.63, 3.8) is 0 Å². The van der Waals surface area contributed by atoms with Crippen LogP contribution in [-0.4, -0.2) is 38.8 Å². The van der Waals surface area contributed by atoms with Crippen LogP contribution in [0.15, 0.2) is 0 Å². The Morgan fingerprint density at radius 2 is 2.11 bits per heavy atom. The van der Waals surface area contributed by atoms with Gasteiger partial charge in [0.2, 0.25) is 0 Å². The molecule has 0 aliphatic carbocycles. The molecule has 0 bridgehead atoms. The average molecular weight is 161 g/mol. The van der Waals surface area contributed by atoms with Gasteiger partial charge in [-0.2, -0.15) is 0 Å². The van der Waals surface area contributed by atoms with Gasteiger partial charge in [-0.1, -0.05) is 0 Å². The van der Waals surface area contributed by atoms with Gasteiger partial charge in [-0.15, -0.1) is 4.55 Å². The van der Waals surface area contributed by atoms with Crippen molar-refractivity contribution in [2.75, 3.05) is 13.2 Å². The highest BCUT2D eigenvalue weighted by Crippen LogP contribution is 2.09. The van der Waals surface area contributed by atoms with Gasteiger partial charge in [0.15, 0.2) is 6.29 Å². The summed E-state index contributed by atoms with van der Waals surface area (Å²) in [5.74, 6) is 0. The van der Waals surface area contributed by atoms with Crippen LogP contribution in [0.1, 0.15) is 6.42 Å². The van der Waals surface area contributed by atoms with Gasteiger partial charge >= 0.3 is 19.3 Å². The lowest BCUT2D eigenvalue weighted by molar-refractivity contribution is -0.0429. The maximum absolute atomic E-state index is 5.61. The molecule has 0 unspecified atom stereocenters. The van der Waals surface area contributed by atoms with E-state index in [1.165, 1.54) is 0 Å². The predicted molar refractivity (Wildman–Crippen MR) is 36.7 cm³/mol. The fraction of sp³-hybridized carbons (Fsp3) is 1.00. The normalized spacial score (nSPS) is 20.1. The van der Waals surface area contributed by atoms with Crippen molar-refractivity contribution in [2.24, 2.45) is 0 Å². The lowest BCUT2D eigenvalue weighted by atomic mass is 10.5. The lowest BCUT2D eigenvalue weighted by Gasteiger charge is -2.05. The molecule has 9 heavy (non-hydrogen) atoms. The highest BCUT2D eigenvalue weighted by molar-refractivity contribution is 6.93. The number of hydrogen-bond donors (Lipinski definition) is 0. The molecule has 0 radical (unpaired) electrons. The van der Waals surface area contributed by atoms with Gasteiger partial charge in [-0.05, 0) is 6.42 Å². The Labute approximate surface area is 68.3 Å². The van der Waals surface area contributed by atoms with E-state index in [1.54, 1.807) is 0 Å². The third kappa shape index (κ3) is 3.05. The van der Waals surface area contributed by atoms with Gasteiger partial charge in [0, 0.05) is 0 Å². The van der Waals surface area contributed by atoms with Crippen LogP contribution in [0.25, 0.3) is 0 Å². The standard InChI is InChI=1S/C5H9O2.ClH.Mg/c1-2-5-6-3-4-7-5;;/h5H,1-4H2;1H;/q;;+1/p-1. The molecule has 0 aromatic heterocycles. The van der Waals surface area contributed by atoms with Crippen molar-refractivity contribution >= 4 is 28.3 Å². The minimum Gasteiger partial charge on any atom is -0.350 e. The van der Waals surface area contributed by atoms with Crippen LogP contribution in [0.3, 0.4) is 0 Å². The van der Waals surface area contributed by atoms with Crippen LogP contribution in [-0.2, 0) is 9.47 Å². The van der Waals surface area contributed by atoms with Crippen molar-refractivity contribution in [1.82, 2.24) is 0 Å². The molecule has 1 fully saturated rings. The maximum atomic E-state index is 5.61. The smallest absolute Gasteiger partial charge is 0.350 e. The van der Waals surface area contributed by atoms with Gasteiger partial charge in [0.1, 0.15) is 0 Å². The molecule has 1 saturated heterocycles. The first-order valence-corrected chi connectivity index (χ1v) is 6.36. The monoisotopic (exact) mass is 160 g/mol. The predicted octanol–water partition coefficient (Wildman–Crippen LogP) is 1.03. The van der Waals surface area contributed by atoms with E-state index in [4.69, 9.17) is 18.5 Å². The molecule has 0 amide bonds. The van der Waals surface area contributed by atoms with Gasteiger partial charge in [0.25, 0.3) is 0 Å². The van der Waals surface area contributed by atoms with Crippen molar-refractivity contribution in [3.05, 3.63) is 0 Å². The summed E-state index contributed by atoms with van der Waals surface area (Å²) >= 11 is -0.307. The number of ether oxygens (including phenoxy) is 2. The number of hydrogen-bond acceptors (Lipinski definition) is 2. The highest BCUT2D eigenvalue weighted by Gasteiger charge is 2.14. The minimum atomic E-state index is -0.307. The first-order valence-electron chi connectivity index (χ1n) is 3.22. The summed E-state index contributed by atoms with van der Waals surface area (Å²) in [5, 5.41) is 0. The molecule has 0 saturated carbocycles. The average Bonchev–Trinajstić information content (AvgIpc) is 2.34. The van der Waals surface area contributed by atoms with Gasteiger partial charge in [-0.3, -0.25) is 0 Å². The molecule has 0 N–H and O–H groups in total. The van der Waals surface area contributed by atoms with Crippen molar-refractivity contribution in [1.29, 1.82) is 0 Å². The van der Waals surface area contributed by atoms with Crippen LogP contribution in [0.4, 0.5) is 0 Å². The molecule has 50 valence electrons. The van der Waals surface area contributed by atoms with E-state index in [0.29, 0.717) is 0 Å². The zero-order valence-corrected chi connectivity index (χ0v) is 7.48. The number of halogens is 1. The molecule has 0 spiro atoms. The summed E-state index contributed by atoms with van der Waals surface area (Å²) in [5.41, 5.74) is 0.